The van der Waals surface area contributed by atoms with Crippen LogP contribution in [0.25, 0.3) is 0 Å². The first-order valence-electron chi connectivity index (χ1n) is 4.79. The van der Waals surface area contributed by atoms with Crippen LogP contribution >= 0.6 is 0 Å². The summed E-state index contributed by atoms with van der Waals surface area (Å²) in [4.78, 5) is 0. The molecule has 68 valence electrons. The van der Waals surface area contributed by atoms with E-state index in [9.17, 15) is 0 Å². The van der Waals surface area contributed by atoms with Crippen molar-refractivity contribution in [2.75, 3.05) is 0 Å². The van der Waals surface area contributed by atoms with Crippen LogP contribution in [0.1, 0.15) is 50.5 Å². The Bertz CT molecular complexity index is 225. The van der Waals surface area contributed by atoms with E-state index in [0.717, 1.165) is 11.5 Å². The molecule has 1 aromatic rings. The van der Waals surface area contributed by atoms with Gasteiger partial charge in [0.15, 0.2) is 0 Å². The van der Waals surface area contributed by atoms with E-state index in [-0.39, 0.29) is 0 Å². The van der Waals surface area contributed by atoms with Gasteiger partial charge in [-0.25, -0.2) is 0 Å². The van der Waals surface area contributed by atoms with Gasteiger partial charge >= 0.3 is 0 Å². The molecule has 0 aromatic carbocycles. The van der Waals surface area contributed by atoms with Crippen molar-refractivity contribution in [2.45, 2.75) is 46.0 Å². The van der Waals surface area contributed by atoms with Gasteiger partial charge in [-0.05, 0) is 19.8 Å². The second kappa shape index (κ2) is 4.29. The normalized spacial score (nSPS) is 16.2. The summed E-state index contributed by atoms with van der Waals surface area (Å²) in [5.41, 5.74) is 1.00. The molecule has 0 spiro atoms. The third-order valence-corrected chi connectivity index (χ3v) is 2.15. The molecular weight excluding hydrogens is 150 g/mol. The predicted octanol–water partition coefficient (Wildman–Crippen LogP) is 3.28. The Balaban J connectivity index is 0.000000336. The maximum Gasteiger partial charge on any atom is 0.140 e. The fraction of sp³-hybridized carbons (Fsp3) is 0.700. The largest absolute Gasteiger partial charge is 0.361 e. The molecule has 2 nitrogen and oxygen atoms in total. The van der Waals surface area contributed by atoms with Crippen molar-refractivity contribution in [3.05, 3.63) is 17.5 Å². The van der Waals surface area contributed by atoms with Crippen LogP contribution in [0.4, 0.5) is 0 Å². The molecule has 2 heteroatoms. The number of aromatic nitrogens is 1. The molecule has 0 amide bonds. The smallest absolute Gasteiger partial charge is 0.140 e. The van der Waals surface area contributed by atoms with Crippen molar-refractivity contribution in [3.63, 3.8) is 0 Å². The van der Waals surface area contributed by atoms with Crippen molar-refractivity contribution >= 4 is 0 Å². The summed E-state index contributed by atoms with van der Waals surface area (Å²) in [7, 11) is 0. The first kappa shape index (κ1) is 9.30. The van der Waals surface area contributed by atoms with E-state index in [1.165, 1.54) is 19.3 Å². The zero-order valence-corrected chi connectivity index (χ0v) is 8.13. The van der Waals surface area contributed by atoms with Crippen LogP contribution in [0.3, 0.4) is 0 Å². The van der Waals surface area contributed by atoms with Gasteiger partial charge in [-0.2, -0.15) is 0 Å². The molecule has 1 aliphatic carbocycles. The number of hydrogen-bond donors (Lipinski definition) is 0. The van der Waals surface area contributed by atoms with Gasteiger partial charge in [0.1, 0.15) is 5.76 Å². The summed E-state index contributed by atoms with van der Waals surface area (Å²) in [6, 6.07) is 2.05. The molecule has 1 heterocycles. The average Bonchev–Trinajstić information content (AvgIpc) is 2.37. The van der Waals surface area contributed by atoms with E-state index in [4.69, 9.17) is 4.52 Å². The van der Waals surface area contributed by atoms with E-state index >= 15 is 0 Å². The van der Waals surface area contributed by atoms with Gasteiger partial charge < -0.3 is 4.52 Å². The number of nitrogens with zero attached hydrogens (tertiary/aromatic N) is 1. The maximum atomic E-state index is 5.12. The van der Waals surface area contributed by atoms with Crippen LogP contribution in [0.2, 0.25) is 0 Å². The first-order chi connectivity index (χ1) is 5.86. The molecule has 0 aliphatic heterocycles. The average molecular weight is 167 g/mol. The van der Waals surface area contributed by atoms with Gasteiger partial charge in [0, 0.05) is 12.0 Å². The summed E-state index contributed by atoms with van der Waals surface area (Å²) in [6.45, 7) is 5.96. The standard InChI is InChI=1S/C8H11NO.C2H6/c1-6-5-8(10-9-6)7-3-2-4-7;1-2/h5,7H,2-4H2,1H3;1-2H3. The van der Waals surface area contributed by atoms with Gasteiger partial charge in [-0.1, -0.05) is 25.4 Å². The summed E-state index contributed by atoms with van der Waals surface area (Å²) in [5, 5.41) is 3.84. The lowest BCUT2D eigenvalue weighted by Crippen LogP contribution is -2.07. The van der Waals surface area contributed by atoms with Crippen LogP contribution in [0.15, 0.2) is 10.6 Å². The van der Waals surface area contributed by atoms with Gasteiger partial charge in [-0.3, -0.25) is 0 Å². The minimum absolute atomic E-state index is 0.682. The van der Waals surface area contributed by atoms with E-state index in [1.807, 2.05) is 26.8 Å². The Morgan fingerprint density at radius 1 is 1.42 bits per heavy atom. The highest BCUT2D eigenvalue weighted by Crippen LogP contribution is 2.36. The van der Waals surface area contributed by atoms with Crippen molar-refractivity contribution in [1.82, 2.24) is 5.16 Å². The topological polar surface area (TPSA) is 26.0 Å². The molecule has 0 N–H and O–H groups in total. The molecule has 0 atom stereocenters. The van der Waals surface area contributed by atoms with Gasteiger partial charge in [0.2, 0.25) is 0 Å². The van der Waals surface area contributed by atoms with Crippen LogP contribution in [-0.4, -0.2) is 5.16 Å². The van der Waals surface area contributed by atoms with E-state index in [1.54, 1.807) is 0 Å². The summed E-state index contributed by atoms with van der Waals surface area (Å²) >= 11 is 0. The Hall–Kier alpha value is -0.790. The van der Waals surface area contributed by atoms with Gasteiger partial charge in [0.25, 0.3) is 0 Å². The molecule has 0 saturated heterocycles. The van der Waals surface area contributed by atoms with Gasteiger partial charge in [0.05, 0.1) is 5.69 Å². The summed E-state index contributed by atoms with van der Waals surface area (Å²) < 4.78 is 5.12. The fourth-order valence-corrected chi connectivity index (χ4v) is 1.27. The molecule has 1 fully saturated rings. The van der Waals surface area contributed by atoms with Crippen LogP contribution in [0, 0.1) is 6.92 Å². The van der Waals surface area contributed by atoms with Crippen molar-refractivity contribution in [1.29, 1.82) is 0 Å². The molecule has 1 aliphatic rings. The third kappa shape index (κ3) is 1.87. The zero-order valence-electron chi connectivity index (χ0n) is 8.13. The SMILES string of the molecule is CC.Cc1cc(C2CCC2)on1. The highest BCUT2D eigenvalue weighted by atomic mass is 16.5. The third-order valence-electron chi connectivity index (χ3n) is 2.15. The lowest BCUT2D eigenvalue weighted by Gasteiger charge is -2.21. The molecule has 1 saturated carbocycles. The van der Waals surface area contributed by atoms with Crippen molar-refractivity contribution < 1.29 is 4.52 Å². The maximum absolute atomic E-state index is 5.12. The number of hydrogen-bond acceptors (Lipinski definition) is 2. The number of aryl methyl sites for hydroxylation is 1. The predicted molar refractivity (Wildman–Crippen MR) is 49.2 cm³/mol. The Morgan fingerprint density at radius 3 is 2.42 bits per heavy atom. The highest BCUT2D eigenvalue weighted by Gasteiger charge is 2.22. The lowest BCUT2D eigenvalue weighted by molar-refractivity contribution is 0.299. The monoisotopic (exact) mass is 167 g/mol. The number of rotatable bonds is 1. The Labute approximate surface area is 74.0 Å². The summed E-state index contributed by atoms with van der Waals surface area (Å²) in [5.74, 6) is 1.77. The first-order valence-corrected chi connectivity index (χ1v) is 4.79. The molecule has 1 aromatic heterocycles. The minimum atomic E-state index is 0.682. The van der Waals surface area contributed by atoms with Crippen LogP contribution < -0.4 is 0 Å². The van der Waals surface area contributed by atoms with E-state index < -0.39 is 0 Å². The second-order valence-corrected chi connectivity index (χ2v) is 3.00. The van der Waals surface area contributed by atoms with Gasteiger partial charge in [-0.15, -0.1) is 0 Å². The molecule has 0 bridgehead atoms. The quantitative estimate of drug-likeness (QED) is 0.641. The molecular formula is C10H17NO. The fourth-order valence-electron chi connectivity index (χ4n) is 1.27. The minimum Gasteiger partial charge on any atom is -0.361 e. The summed E-state index contributed by atoms with van der Waals surface area (Å²) in [6.07, 6.45) is 3.92. The second-order valence-electron chi connectivity index (χ2n) is 3.00. The Kier molecular flexibility index (Phi) is 3.32. The van der Waals surface area contributed by atoms with Crippen molar-refractivity contribution in [2.24, 2.45) is 0 Å². The zero-order chi connectivity index (χ0) is 8.97. The van der Waals surface area contributed by atoms with E-state index in [2.05, 4.69) is 5.16 Å². The van der Waals surface area contributed by atoms with Crippen LogP contribution in [-0.2, 0) is 0 Å². The van der Waals surface area contributed by atoms with Crippen molar-refractivity contribution in [3.8, 4) is 0 Å². The highest BCUT2D eigenvalue weighted by molar-refractivity contribution is 5.10. The Morgan fingerprint density at radius 2 is 2.08 bits per heavy atom. The molecule has 0 radical (unpaired) electrons. The molecule has 2 rings (SSSR count). The van der Waals surface area contributed by atoms with Crippen LogP contribution in [0.5, 0.6) is 0 Å². The molecule has 12 heavy (non-hydrogen) atoms. The van der Waals surface area contributed by atoms with E-state index in [0.29, 0.717) is 5.92 Å². The molecule has 0 unspecified atom stereocenters. The lowest BCUT2D eigenvalue weighted by atomic mass is 9.83.